The molecule has 0 bridgehead atoms. The molecule has 3 amide bonds. The quantitative estimate of drug-likeness (QED) is 0.454. The van der Waals surface area contributed by atoms with Crippen LogP contribution in [0, 0.1) is 13.8 Å². The predicted octanol–water partition coefficient (Wildman–Crippen LogP) is 2.20. The molecule has 2 heterocycles. The maximum atomic E-state index is 12.4. The summed E-state index contributed by atoms with van der Waals surface area (Å²) in [5, 5.41) is 2.64. The van der Waals surface area contributed by atoms with Crippen molar-refractivity contribution in [2.75, 3.05) is 13.2 Å². The number of nitrogens with zero attached hydrogens (tertiary/aromatic N) is 1. The zero-order valence-corrected chi connectivity index (χ0v) is 15.6. The van der Waals surface area contributed by atoms with Gasteiger partial charge in [-0.2, -0.15) is 0 Å². The van der Waals surface area contributed by atoms with Gasteiger partial charge in [-0.05, 0) is 32.8 Å². The van der Waals surface area contributed by atoms with Crippen molar-refractivity contribution in [3.8, 4) is 0 Å². The second kappa shape index (κ2) is 7.35. The topological polar surface area (TPSA) is 92.8 Å². The molecule has 0 saturated carbocycles. The van der Waals surface area contributed by atoms with Crippen LogP contribution in [0.4, 0.5) is 4.79 Å². The molecule has 2 rings (SSSR count). The first-order valence-corrected chi connectivity index (χ1v) is 8.95. The monoisotopic (exact) mass is 366 g/mol. The lowest BCUT2D eigenvalue weighted by atomic mass is 9.93. The van der Waals surface area contributed by atoms with E-state index in [4.69, 9.17) is 4.74 Å². The molecule has 25 heavy (non-hydrogen) atoms. The standard InChI is InChI=1S/C17H22N2O5S/c1-5-17(6-2)15(22)19(16(23)18-17)8-14(21)24-9-13(20)12-7-10(3)25-11(12)4/h7H,5-6,8-9H2,1-4H3,(H,18,23). The Balaban J connectivity index is 1.94. The van der Waals surface area contributed by atoms with Crippen LogP contribution in [0.25, 0.3) is 0 Å². The fourth-order valence-corrected chi connectivity index (χ4v) is 3.80. The highest BCUT2D eigenvalue weighted by atomic mass is 32.1. The van der Waals surface area contributed by atoms with Crippen molar-refractivity contribution < 1.29 is 23.9 Å². The van der Waals surface area contributed by atoms with Gasteiger partial charge >= 0.3 is 12.0 Å². The Labute approximate surface area is 150 Å². The number of imide groups is 1. The van der Waals surface area contributed by atoms with Gasteiger partial charge in [0.25, 0.3) is 5.91 Å². The highest BCUT2D eigenvalue weighted by Crippen LogP contribution is 2.25. The lowest BCUT2D eigenvalue weighted by molar-refractivity contribution is -0.146. The predicted molar refractivity (Wildman–Crippen MR) is 92.6 cm³/mol. The summed E-state index contributed by atoms with van der Waals surface area (Å²) in [5.74, 6) is -1.52. The molecular formula is C17H22N2O5S. The molecule has 1 saturated heterocycles. The first kappa shape index (κ1) is 19.1. The molecule has 1 fully saturated rings. The third kappa shape index (κ3) is 3.73. The molecule has 1 N–H and O–H groups in total. The van der Waals surface area contributed by atoms with Crippen molar-refractivity contribution in [1.82, 2.24) is 10.2 Å². The zero-order chi connectivity index (χ0) is 18.8. The minimum atomic E-state index is -0.960. The first-order valence-electron chi connectivity index (χ1n) is 8.14. The maximum Gasteiger partial charge on any atom is 0.326 e. The number of Topliss-reactive ketones (excluding diaryl/α,β-unsaturated/α-hetero) is 1. The summed E-state index contributed by atoms with van der Waals surface area (Å²) in [6, 6.07) is 1.14. The number of carbonyl (C=O) groups is 4. The molecule has 0 aliphatic carbocycles. The third-order valence-corrected chi connectivity index (χ3v) is 5.41. The van der Waals surface area contributed by atoms with E-state index in [1.165, 1.54) is 11.3 Å². The lowest BCUT2D eigenvalue weighted by Gasteiger charge is -2.22. The average molecular weight is 366 g/mol. The molecule has 1 aliphatic rings. The highest BCUT2D eigenvalue weighted by Gasteiger charge is 2.49. The number of esters is 1. The van der Waals surface area contributed by atoms with Gasteiger partial charge in [0.1, 0.15) is 12.1 Å². The summed E-state index contributed by atoms with van der Waals surface area (Å²) < 4.78 is 4.96. The van der Waals surface area contributed by atoms with Crippen LogP contribution in [-0.4, -0.2) is 47.3 Å². The van der Waals surface area contributed by atoms with Gasteiger partial charge < -0.3 is 10.1 Å². The number of thiophene rings is 1. The number of rotatable bonds is 7. The SMILES string of the molecule is CCC1(CC)NC(=O)N(CC(=O)OCC(=O)c2cc(C)sc2C)C1=O. The van der Waals surface area contributed by atoms with Crippen molar-refractivity contribution in [3.63, 3.8) is 0 Å². The molecule has 0 radical (unpaired) electrons. The molecule has 7 nitrogen and oxygen atoms in total. The molecule has 1 aromatic rings. The van der Waals surface area contributed by atoms with E-state index in [0.29, 0.717) is 18.4 Å². The molecule has 8 heteroatoms. The molecule has 1 aromatic heterocycles. The molecule has 136 valence electrons. The van der Waals surface area contributed by atoms with E-state index in [9.17, 15) is 19.2 Å². The van der Waals surface area contributed by atoms with Crippen LogP contribution < -0.4 is 5.32 Å². The Morgan fingerprint density at radius 2 is 1.88 bits per heavy atom. The van der Waals surface area contributed by atoms with Gasteiger partial charge in [-0.25, -0.2) is 4.79 Å². The largest absolute Gasteiger partial charge is 0.456 e. The second-order valence-electron chi connectivity index (χ2n) is 6.02. The van der Waals surface area contributed by atoms with E-state index < -0.39 is 36.6 Å². The molecular weight excluding hydrogens is 344 g/mol. The number of aryl methyl sites for hydroxylation is 2. The summed E-state index contributed by atoms with van der Waals surface area (Å²) in [7, 11) is 0. The van der Waals surface area contributed by atoms with E-state index in [1.54, 1.807) is 19.9 Å². The number of carbonyl (C=O) groups excluding carboxylic acids is 4. The zero-order valence-electron chi connectivity index (χ0n) is 14.8. The normalized spacial score (nSPS) is 16.1. The van der Waals surface area contributed by atoms with Crippen LogP contribution in [0.1, 0.15) is 46.8 Å². The lowest BCUT2D eigenvalue weighted by Crippen LogP contribution is -2.46. The summed E-state index contributed by atoms with van der Waals surface area (Å²) in [6.45, 7) is 6.41. The number of amides is 3. The van der Waals surface area contributed by atoms with Gasteiger partial charge in [0.05, 0.1) is 0 Å². The summed E-state index contributed by atoms with van der Waals surface area (Å²) in [6.07, 6.45) is 0.879. The van der Waals surface area contributed by atoms with Crippen LogP contribution in [-0.2, 0) is 14.3 Å². The van der Waals surface area contributed by atoms with Crippen molar-refractivity contribution in [2.45, 2.75) is 46.1 Å². The smallest absolute Gasteiger partial charge is 0.326 e. The molecule has 0 spiro atoms. The third-order valence-electron chi connectivity index (χ3n) is 4.45. The van der Waals surface area contributed by atoms with Crippen LogP contribution in [0.2, 0.25) is 0 Å². The number of ketones is 1. The van der Waals surface area contributed by atoms with Crippen molar-refractivity contribution in [1.29, 1.82) is 0 Å². The number of hydrogen-bond acceptors (Lipinski definition) is 6. The van der Waals surface area contributed by atoms with E-state index in [-0.39, 0.29) is 5.78 Å². The van der Waals surface area contributed by atoms with E-state index in [2.05, 4.69) is 5.32 Å². The Morgan fingerprint density at radius 1 is 1.24 bits per heavy atom. The fourth-order valence-electron chi connectivity index (χ4n) is 2.86. The number of ether oxygens (including phenoxy) is 1. The van der Waals surface area contributed by atoms with Crippen LogP contribution in [0.5, 0.6) is 0 Å². The van der Waals surface area contributed by atoms with Crippen molar-refractivity contribution in [3.05, 3.63) is 21.4 Å². The fraction of sp³-hybridized carbons (Fsp3) is 0.529. The van der Waals surface area contributed by atoms with Crippen molar-refractivity contribution >= 4 is 35.0 Å². The number of urea groups is 1. The van der Waals surface area contributed by atoms with E-state index in [0.717, 1.165) is 14.7 Å². The van der Waals surface area contributed by atoms with Crippen LogP contribution in [0.3, 0.4) is 0 Å². The van der Waals surface area contributed by atoms with Crippen LogP contribution in [0.15, 0.2) is 6.07 Å². The van der Waals surface area contributed by atoms with Crippen LogP contribution >= 0.6 is 11.3 Å². The Morgan fingerprint density at radius 3 is 2.36 bits per heavy atom. The average Bonchev–Trinajstić information content (AvgIpc) is 3.03. The first-order chi connectivity index (χ1) is 11.7. The Hall–Kier alpha value is -2.22. The van der Waals surface area contributed by atoms with Gasteiger partial charge in [0.2, 0.25) is 5.78 Å². The minimum absolute atomic E-state index is 0.302. The minimum Gasteiger partial charge on any atom is -0.456 e. The van der Waals surface area contributed by atoms with Crippen molar-refractivity contribution in [2.24, 2.45) is 0 Å². The Bertz CT molecular complexity index is 721. The van der Waals surface area contributed by atoms with Gasteiger partial charge in [0.15, 0.2) is 6.61 Å². The van der Waals surface area contributed by atoms with Gasteiger partial charge in [-0.15, -0.1) is 11.3 Å². The van der Waals surface area contributed by atoms with E-state index >= 15 is 0 Å². The molecule has 0 atom stereocenters. The van der Waals surface area contributed by atoms with E-state index in [1.807, 2.05) is 13.8 Å². The molecule has 0 aromatic carbocycles. The number of hydrogen-bond donors (Lipinski definition) is 1. The number of nitrogens with one attached hydrogen (secondary N) is 1. The molecule has 0 unspecified atom stereocenters. The maximum absolute atomic E-state index is 12.4. The molecule has 1 aliphatic heterocycles. The van der Waals surface area contributed by atoms with Gasteiger partial charge in [-0.1, -0.05) is 13.8 Å². The summed E-state index contributed by atoms with van der Waals surface area (Å²) >= 11 is 1.50. The highest BCUT2D eigenvalue weighted by molar-refractivity contribution is 7.12. The summed E-state index contributed by atoms with van der Waals surface area (Å²) in [4.78, 5) is 51.2. The van der Waals surface area contributed by atoms with Gasteiger partial charge in [-0.3, -0.25) is 19.3 Å². The van der Waals surface area contributed by atoms with Gasteiger partial charge in [0, 0.05) is 15.3 Å². The Kier molecular flexibility index (Phi) is 5.62. The second-order valence-corrected chi connectivity index (χ2v) is 7.48. The summed E-state index contributed by atoms with van der Waals surface area (Å²) in [5.41, 5.74) is -0.431.